The van der Waals surface area contributed by atoms with E-state index in [1.54, 1.807) is 18.3 Å². The molecule has 4 N–H and O–H groups in total. The summed E-state index contributed by atoms with van der Waals surface area (Å²) in [5, 5.41) is 13.3. The molecule has 174 valence electrons. The molecule has 1 aromatic carbocycles. The van der Waals surface area contributed by atoms with Gasteiger partial charge in [-0.15, -0.1) is 11.3 Å². The normalized spacial score (nSPS) is 23.1. The number of β-amino-alcohol motifs (C(OH)–C–C–N with tert-alkyl or cyclic N) is 1. The lowest BCUT2D eigenvalue weighted by Gasteiger charge is -2.38. The van der Waals surface area contributed by atoms with Gasteiger partial charge in [0.05, 0.1) is 34.3 Å². The molecule has 0 radical (unpaired) electrons. The van der Waals surface area contributed by atoms with Crippen molar-refractivity contribution in [2.75, 3.05) is 6.54 Å². The zero-order chi connectivity index (χ0) is 23.8. The van der Waals surface area contributed by atoms with Gasteiger partial charge in [-0.05, 0) is 37.3 Å². The van der Waals surface area contributed by atoms with E-state index in [2.05, 4.69) is 10.3 Å². The number of hydrogen-bond donors (Lipinski definition) is 3. The molecule has 1 saturated heterocycles. The van der Waals surface area contributed by atoms with Crippen LogP contribution in [0.25, 0.3) is 10.4 Å². The number of aryl methyl sites for hydroxylation is 1. The van der Waals surface area contributed by atoms with Crippen LogP contribution in [0.15, 0.2) is 29.8 Å². The molecule has 0 saturated carbocycles. The molecule has 3 rings (SSSR count). The van der Waals surface area contributed by atoms with E-state index in [-0.39, 0.29) is 30.8 Å². The molecule has 0 spiro atoms. The molecule has 8 heteroatoms. The second-order valence-electron chi connectivity index (χ2n) is 10.0. The average molecular weight is 459 g/mol. The Hall–Kier alpha value is -2.29. The van der Waals surface area contributed by atoms with Crippen LogP contribution in [0.2, 0.25) is 0 Å². The van der Waals surface area contributed by atoms with Crippen LogP contribution in [-0.4, -0.2) is 51.0 Å². The first-order valence-corrected chi connectivity index (χ1v) is 11.8. The summed E-state index contributed by atoms with van der Waals surface area (Å²) in [6.45, 7) is 11.4. The van der Waals surface area contributed by atoms with Crippen molar-refractivity contribution in [1.29, 1.82) is 0 Å². The second kappa shape index (κ2) is 8.92. The molecule has 2 heterocycles. The maximum Gasteiger partial charge on any atom is 0.246 e. The third-order valence-electron chi connectivity index (χ3n) is 6.34. The third-order valence-corrected chi connectivity index (χ3v) is 7.32. The van der Waals surface area contributed by atoms with Gasteiger partial charge < -0.3 is 21.1 Å². The van der Waals surface area contributed by atoms with Crippen LogP contribution >= 0.6 is 11.3 Å². The zero-order valence-corrected chi connectivity index (χ0v) is 20.5. The van der Waals surface area contributed by atoms with E-state index in [0.717, 1.165) is 21.7 Å². The summed E-state index contributed by atoms with van der Waals surface area (Å²) in [5.41, 5.74) is 9.45. The number of nitrogens with zero attached hydrogens (tertiary/aromatic N) is 2. The number of rotatable bonds is 5. The van der Waals surface area contributed by atoms with Crippen molar-refractivity contribution in [2.45, 2.75) is 71.7 Å². The van der Waals surface area contributed by atoms with Gasteiger partial charge in [-0.2, -0.15) is 0 Å². The SMILES string of the molecule is Cc1ncsc1-c1ccc([C@H](C)NC(=O)[C@]2(C)C[C@@H](O)CN2C(=O)[C@@H](N)C(C)(C)C)cc1. The number of aliphatic hydroxyl groups excluding tert-OH is 1. The smallest absolute Gasteiger partial charge is 0.246 e. The van der Waals surface area contributed by atoms with Crippen LogP contribution in [-0.2, 0) is 9.59 Å². The summed E-state index contributed by atoms with van der Waals surface area (Å²) in [4.78, 5) is 33.3. The van der Waals surface area contributed by atoms with Gasteiger partial charge in [0.25, 0.3) is 0 Å². The number of carbonyl (C=O) groups is 2. The summed E-state index contributed by atoms with van der Waals surface area (Å²) in [7, 11) is 0. The van der Waals surface area contributed by atoms with E-state index in [1.165, 1.54) is 4.90 Å². The molecule has 2 aromatic rings. The molecule has 0 bridgehead atoms. The molecule has 32 heavy (non-hydrogen) atoms. The van der Waals surface area contributed by atoms with Gasteiger partial charge >= 0.3 is 0 Å². The number of thiazole rings is 1. The molecule has 1 fully saturated rings. The van der Waals surface area contributed by atoms with Gasteiger partial charge in [0, 0.05) is 13.0 Å². The van der Waals surface area contributed by atoms with Crippen LogP contribution in [0.5, 0.6) is 0 Å². The molecular weight excluding hydrogens is 424 g/mol. The lowest BCUT2D eigenvalue weighted by Crippen LogP contribution is -2.60. The van der Waals surface area contributed by atoms with E-state index in [0.29, 0.717) is 0 Å². The van der Waals surface area contributed by atoms with Crippen molar-refractivity contribution >= 4 is 23.2 Å². The molecule has 2 amide bonds. The molecule has 1 aliphatic heterocycles. The number of amides is 2. The first-order chi connectivity index (χ1) is 14.8. The summed E-state index contributed by atoms with van der Waals surface area (Å²) in [6.07, 6.45) is -0.586. The standard InChI is InChI=1S/C24H34N4O3S/c1-14(16-7-9-17(10-8-16)19-15(2)26-13-32-19)27-22(31)24(6)11-18(29)12-28(24)21(30)20(25)23(3,4)5/h7-10,13-14,18,20,29H,11-12,25H2,1-6H3,(H,27,31)/t14-,18+,20+,24-/m0/s1. The highest BCUT2D eigenvalue weighted by atomic mass is 32.1. The van der Waals surface area contributed by atoms with E-state index >= 15 is 0 Å². The van der Waals surface area contributed by atoms with Crippen molar-refractivity contribution in [3.05, 3.63) is 41.0 Å². The highest BCUT2D eigenvalue weighted by Gasteiger charge is 2.51. The van der Waals surface area contributed by atoms with Crippen molar-refractivity contribution in [1.82, 2.24) is 15.2 Å². The van der Waals surface area contributed by atoms with Crippen LogP contribution in [0.4, 0.5) is 0 Å². The van der Waals surface area contributed by atoms with Crippen molar-refractivity contribution in [3.63, 3.8) is 0 Å². The lowest BCUT2D eigenvalue weighted by atomic mass is 9.85. The Morgan fingerprint density at radius 1 is 1.31 bits per heavy atom. The average Bonchev–Trinajstić information content (AvgIpc) is 3.29. The Kier molecular flexibility index (Phi) is 6.79. The first kappa shape index (κ1) is 24.4. The molecule has 4 atom stereocenters. The van der Waals surface area contributed by atoms with Gasteiger partial charge in [0.2, 0.25) is 11.8 Å². The van der Waals surface area contributed by atoms with E-state index < -0.39 is 23.1 Å². The number of aliphatic hydroxyl groups is 1. The summed E-state index contributed by atoms with van der Waals surface area (Å²) in [5.74, 6) is -0.609. The third kappa shape index (κ3) is 4.72. The largest absolute Gasteiger partial charge is 0.391 e. The number of nitrogens with one attached hydrogen (secondary N) is 1. The summed E-state index contributed by atoms with van der Waals surface area (Å²) < 4.78 is 0. The van der Waals surface area contributed by atoms with Crippen LogP contribution in [0, 0.1) is 12.3 Å². The number of nitrogens with two attached hydrogens (primary N) is 1. The number of aromatic nitrogens is 1. The van der Waals surface area contributed by atoms with Crippen molar-refractivity contribution < 1.29 is 14.7 Å². The van der Waals surface area contributed by atoms with Gasteiger partial charge in [-0.3, -0.25) is 9.59 Å². The topological polar surface area (TPSA) is 109 Å². The van der Waals surface area contributed by atoms with Crippen LogP contribution < -0.4 is 11.1 Å². The minimum Gasteiger partial charge on any atom is -0.391 e. The predicted octanol–water partition coefficient (Wildman–Crippen LogP) is 3.02. The fourth-order valence-electron chi connectivity index (χ4n) is 4.07. The number of hydrogen-bond acceptors (Lipinski definition) is 6. The number of carbonyl (C=O) groups excluding carboxylic acids is 2. The van der Waals surface area contributed by atoms with Crippen LogP contribution in [0.3, 0.4) is 0 Å². The molecule has 0 unspecified atom stereocenters. The number of likely N-dealkylation sites (tertiary alicyclic amines) is 1. The van der Waals surface area contributed by atoms with E-state index in [1.807, 2.05) is 64.4 Å². The highest BCUT2D eigenvalue weighted by Crippen LogP contribution is 2.33. The van der Waals surface area contributed by atoms with Gasteiger partial charge in [-0.1, -0.05) is 45.0 Å². The molecule has 1 aliphatic rings. The molecule has 1 aromatic heterocycles. The Labute approximate surface area is 194 Å². The minimum atomic E-state index is -1.16. The maximum atomic E-state index is 13.3. The lowest BCUT2D eigenvalue weighted by molar-refractivity contribution is -0.147. The Balaban J connectivity index is 1.75. The molecular formula is C24H34N4O3S. The van der Waals surface area contributed by atoms with E-state index in [4.69, 9.17) is 5.73 Å². The Morgan fingerprint density at radius 3 is 2.47 bits per heavy atom. The predicted molar refractivity (Wildman–Crippen MR) is 127 cm³/mol. The van der Waals surface area contributed by atoms with Crippen molar-refractivity contribution in [2.24, 2.45) is 11.1 Å². The number of benzene rings is 1. The minimum absolute atomic E-state index is 0.101. The fourth-order valence-corrected chi connectivity index (χ4v) is 4.88. The summed E-state index contributed by atoms with van der Waals surface area (Å²) >= 11 is 1.60. The fraction of sp³-hybridized carbons (Fsp3) is 0.542. The quantitative estimate of drug-likeness (QED) is 0.638. The van der Waals surface area contributed by atoms with Gasteiger partial charge in [-0.25, -0.2) is 4.98 Å². The van der Waals surface area contributed by atoms with Crippen LogP contribution in [0.1, 0.15) is 58.3 Å². The van der Waals surface area contributed by atoms with E-state index in [9.17, 15) is 14.7 Å². The summed E-state index contributed by atoms with van der Waals surface area (Å²) in [6, 6.07) is 7.00. The van der Waals surface area contributed by atoms with Gasteiger partial charge in [0.15, 0.2) is 0 Å². The Morgan fingerprint density at radius 2 is 1.94 bits per heavy atom. The highest BCUT2D eigenvalue weighted by molar-refractivity contribution is 7.13. The maximum absolute atomic E-state index is 13.3. The van der Waals surface area contributed by atoms with Gasteiger partial charge in [0.1, 0.15) is 5.54 Å². The van der Waals surface area contributed by atoms with Crippen molar-refractivity contribution in [3.8, 4) is 10.4 Å². The first-order valence-electron chi connectivity index (χ1n) is 10.9. The zero-order valence-electron chi connectivity index (χ0n) is 19.7. The monoisotopic (exact) mass is 458 g/mol. The molecule has 0 aliphatic carbocycles. The molecule has 7 nitrogen and oxygen atoms in total. The second-order valence-corrected chi connectivity index (χ2v) is 10.9. The Bertz CT molecular complexity index is 982.